The van der Waals surface area contributed by atoms with E-state index in [2.05, 4.69) is 24.3 Å². The molecule has 2 aliphatic rings. The fourth-order valence-electron chi connectivity index (χ4n) is 1.53. The average molecular weight is 133 g/mol. The van der Waals surface area contributed by atoms with Crippen molar-refractivity contribution in [1.82, 2.24) is 0 Å². The van der Waals surface area contributed by atoms with Crippen molar-refractivity contribution in [2.75, 3.05) is 0 Å². The number of hydrogen-bond acceptors (Lipinski definition) is 1. The minimum Gasteiger partial charge on any atom is -0.321 e. The number of nitrogens with two attached hydrogens (primary N) is 1. The molecule has 1 heteroatoms. The van der Waals surface area contributed by atoms with Gasteiger partial charge < -0.3 is 5.73 Å². The Bertz CT molecular complexity index is 233. The minimum atomic E-state index is 0.174. The van der Waals surface area contributed by atoms with Crippen LogP contribution in [0.4, 0.5) is 0 Å². The lowest BCUT2D eigenvalue weighted by molar-refractivity contribution is 0.966. The van der Waals surface area contributed by atoms with E-state index in [9.17, 15) is 0 Å². The molecular formula is C9H11N. The van der Waals surface area contributed by atoms with E-state index in [-0.39, 0.29) is 6.04 Å². The maximum atomic E-state index is 5.71. The van der Waals surface area contributed by atoms with Gasteiger partial charge in [0.15, 0.2) is 0 Å². The van der Waals surface area contributed by atoms with Crippen molar-refractivity contribution >= 4 is 0 Å². The lowest BCUT2D eigenvalue weighted by Crippen LogP contribution is -2.10. The number of rotatable bonds is 0. The van der Waals surface area contributed by atoms with Gasteiger partial charge in [0.1, 0.15) is 0 Å². The first-order valence-electron chi connectivity index (χ1n) is 3.71. The minimum absolute atomic E-state index is 0.174. The summed E-state index contributed by atoms with van der Waals surface area (Å²) >= 11 is 0. The molecule has 2 aliphatic carbocycles. The molecule has 0 fully saturated rings. The second kappa shape index (κ2) is 2.10. The summed E-state index contributed by atoms with van der Waals surface area (Å²) in [6.07, 6.45) is 11.0. The quantitative estimate of drug-likeness (QED) is 0.533. The van der Waals surface area contributed by atoms with Crippen LogP contribution >= 0.6 is 0 Å². The van der Waals surface area contributed by atoms with E-state index in [1.807, 2.05) is 0 Å². The Labute approximate surface area is 60.9 Å². The molecule has 0 bridgehead atoms. The molecule has 1 unspecified atom stereocenters. The molecule has 0 radical (unpaired) electrons. The molecule has 0 saturated carbocycles. The van der Waals surface area contributed by atoms with Crippen molar-refractivity contribution in [3.05, 3.63) is 35.5 Å². The van der Waals surface area contributed by atoms with E-state index in [1.54, 1.807) is 0 Å². The summed E-state index contributed by atoms with van der Waals surface area (Å²) in [6, 6.07) is 0.174. The second-order valence-corrected chi connectivity index (χ2v) is 2.83. The van der Waals surface area contributed by atoms with Gasteiger partial charge in [-0.25, -0.2) is 0 Å². The fraction of sp³-hybridized carbons (Fsp3) is 0.333. The molecule has 2 N–H and O–H groups in total. The molecular weight excluding hydrogens is 122 g/mol. The van der Waals surface area contributed by atoms with Crippen molar-refractivity contribution < 1.29 is 0 Å². The van der Waals surface area contributed by atoms with Crippen LogP contribution in [-0.4, -0.2) is 6.04 Å². The van der Waals surface area contributed by atoms with Gasteiger partial charge in [-0.2, -0.15) is 0 Å². The number of hydrogen-bond donors (Lipinski definition) is 1. The Morgan fingerprint density at radius 3 is 3.10 bits per heavy atom. The van der Waals surface area contributed by atoms with E-state index in [4.69, 9.17) is 5.73 Å². The van der Waals surface area contributed by atoms with Crippen LogP contribution in [0.25, 0.3) is 0 Å². The summed E-state index contributed by atoms with van der Waals surface area (Å²) < 4.78 is 0. The van der Waals surface area contributed by atoms with Gasteiger partial charge in [0.25, 0.3) is 0 Å². The van der Waals surface area contributed by atoms with Gasteiger partial charge in [-0.3, -0.25) is 0 Å². The molecule has 0 aromatic heterocycles. The molecule has 0 amide bonds. The van der Waals surface area contributed by atoms with Crippen LogP contribution < -0.4 is 5.73 Å². The molecule has 1 nitrogen and oxygen atoms in total. The Morgan fingerprint density at radius 2 is 2.30 bits per heavy atom. The molecule has 0 aromatic carbocycles. The Morgan fingerprint density at radius 1 is 1.40 bits per heavy atom. The highest BCUT2D eigenvalue weighted by Crippen LogP contribution is 2.27. The highest BCUT2D eigenvalue weighted by Gasteiger charge is 2.13. The topological polar surface area (TPSA) is 26.0 Å². The lowest BCUT2D eigenvalue weighted by Gasteiger charge is -2.06. The van der Waals surface area contributed by atoms with Crippen LogP contribution in [0.3, 0.4) is 0 Å². The second-order valence-electron chi connectivity index (χ2n) is 2.83. The van der Waals surface area contributed by atoms with Crippen molar-refractivity contribution in [1.29, 1.82) is 0 Å². The first kappa shape index (κ1) is 5.93. The third-order valence-corrected chi connectivity index (χ3v) is 2.01. The van der Waals surface area contributed by atoms with E-state index in [1.165, 1.54) is 24.0 Å². The summed E-state index contributed by atoms with van der Waals surface area (Å²) in [4.78, 5) is 0. The van der Waals surface area contributed by atoms with Gasteiger partial charge in [0.05, 0.1) is 0 Å². The largest absolute Gasteiger partial charge is 0.321 e. The van der Waals surface area contributed by atoms with Crippen molar-refractivity contribution in [3.63, 3.8) is 0 Å². The highest BCUT2D eigenvalue weighted by molar-refractivity contribution is 5.49. The molecule has 0 saturated heterocycles. The van der Waals surface area contributed by atoms with Gasteiger partial charge in [-0.1, -0.05) is 24.3 Å². The maximum absolute atomic E-state index is 5.71. The molecule has 0 spiro atoms. The summed E-state index contributed by atoms with van der Waals surface area (Å²) in [5.74, 6) is 0. The Balaban J connectivity index is 2.37. The van der Waals surface area contributed by atoms with Gasteiger partial charge in [0.2, 0.25) is 0 Å². The summed E-state index contributed by atoms with van der Waals surface area (Å²) in [7, 11) is 0. The molecule has 0 aromatic rings. The van der Waals surface area contributed by atoms with E-state index in [0.29, 0.717) is 0 Å². The molecule has 2 rings (SSSR count). The number of fused-ring (bicyclic) bond motifs is 1. The molecule has 0 aliphatic heterocycles. The predicted octanol–water partition coefficient (Wildman–Crippen LogP) is 1.53. The third kappa shape index (κ3) is 0.830. The van der Waals surface area contributed by atoms with Crippen LogP contribution in [-0.2, 0) is 0 Å². The zero-order valence-electron chi connectivity index (χ0n) is 5.88. The monoisotopic (exact) mass is 133 g/mol. The first-order valence-corrected chi connectivity index (χ1v) is 3.71. The van der Waals surface area contributed by atoms with E-state index in [0.717, 1.165) is 0 Å². The van der Waals surface area contributed by atoms with Gasteiger partial charge in [-0.05, 0) is 24.0 Å². The van der Waals surface area contributed by atoms with Crippen molar-refractivity contribution in [2.24, 2.45) is 5.73 Å². The van der Waals surface area contributed by atoms with Crippen molar-refractivity contribution in [3.8, 4) is 0 Å². The van der Waals surface area contributed by atoms with Gasteiger partial charge >= 0.3 is 0 Å². The first-order chi connectivity index (χ1) is 4.86. The third-order valence-electron chi connectivity index (χ3n) is 2.01. The standard InChI is InChI=1S/C9H11N/c10-9-5-7-3-1-2-4-8(7)6-9/h1,3,5-6,9H,2,4,10H2. The van der Waals surface area contributed by atoms with Crippen LogP contribution in [0.5, 0.6) is 0 Å². The molecule has 0 heterocycles. The number of allylic oxidation sites excluding steroid dienone is 4. The van der Waals surface area contributed by atoms with Crippen LogP contribution in [0, 0.1) is 0 Å². The Hall–Kier alpha value is -0.820. The normalized spacial score (nSPS) is 29.5. The zero-order valence-corrected chi connectivity index (χ0v) is 5.88. The SMILES string of the molecule is NC1C=C2C=CCCC2=C1. The van der Waals surface area contributed by atoms with E-state index >= 15 is 0 Å². The van der Waals surface area contributed by atoms with Gasteiger partial charge in [0, 0.05) is 6.04 Å². The highest BCUT2D eigenvalue weighted by atomic mass is 14.6. The lowest BCUT2D eigenvalue weighted by atomic mass is 9.99. The average Bonchev–Trinajstić information content (AvgIpc) is 2.27. The molecule has 52 valence electrons. The summed E-state index contributed by atoms with van der Waals surface area (Å²) in [5, 5.41) is 0. The smallest absolute Gasteiger partial charge is 0.0425 e. The van der Waals surface area contributed by atoms with Gasteiger partial charge in [-0.15, -0.1) is 0 Å². The van der Waals surface area contributed by atoms with E-state index < -0.39 is 0 Å². The predicted molar refractivity (Wildman–Crippen MR) is 42.5 cm³/mol. The molecule has 10 heavy (non-hydrogen) atoms. The molecule has 1 atom stereocenters. The summed E-state index contributed by atoms with van der Waals surface area (Å²) in [6.45, 7) is 0. The fourth-order valence-corrected chi connectivity index (χ4v) is 1.53. The van der Waals surface area contributed by atoms with Crippen molar-refractivity contribution in [2.45, 2.75) is 18.9 Å². The van der Waals surface area contributed by atoms with Crippen LogP contribution in [0.1, 0.15) is 12.8 Å². The van der Waals surface area contributed by atoms with Crippen LogP contribution in [0.2, 0.25) is 0 Å². The maximum Gasteiger partial charge on any atom is 0.0425 e. The Kier molecular flexibility index (Phi) is 1.24. The van der Waals surface area contributed by atoms with Crippen LogP contribution in [0.15, 0.2) is 35.5 Å². The summed E-state index contributed by atoms with van der Waals surface area (Å²) in [5.41, 5.74) is 8.49. The zero-order chi connectivity index (χ0) is 6.97.